The second kappa shape index (κ2) is 6.57. The molecule has 0 amide bonds. The van der Waals surface area contributed by atoms with Crippen LogP contribution in [-0.4, -0.2) is 26.7 Å². The van der Waals surface area contributed by atoms with Crippen LogP contribution in [0.4, 0.5) is 18.9 Å². The molecule has 0 aliphatic carbocycles. The van der Waals surface area contributed by atoms with Crippen molar-refractivity contribution in [1.29, 1.82) is 0 Å². The summed E-state index contributed by atoms with van der Waals surface area (Å²) in [6.07, 6.45) is -2.83. The summed E-state index contributed by atoms with van der Waals surface area (Å²) in [5.74, 6) is -0.322. The van der Waals surface area contributed by atoms with Gasteiger partial charge in [0.1, 0.15) is 12.2 Å². The van der Waals surface area contributed by atoms with Crippen LogP contribution in [0.3, 0.4) is 0 Å². The average Bonchev–Trinajstić information content (AvgIpc) is 2.79. The maximum atomic E-state index is 12.4. The molecule has 0 unspecified atom stereocenters. The number of aromatic nitrogens is 3. The molecule has 0 saturated carbocycles. The Labute approximate surface area is 128 Å². The Morgan fingerprint density at radius 1 is 1.38 bits per heavy atom. The minimum atomic E-state index is -4.25. The summed E-state index contributed by atoms with van der Waals surface area (Å²) in [6.45, 7) is 0.344. The second-order valence-corrected chi connectivity index (χ2v) is 5.57. The van der Waals surface area contributed by atoms with Gasteiger partial charge in [-0.05, 0) is 12.1 Å². The molecule has 9 heteroatoms. The molecule has 0 saturated heterocycles. The highest BCUT2D eigenvalue weighted by Gasteiger charge is 2.28. The lowest BCUT2D eigenvalue weighted by Crippen LogP contribution is -2.11. The molecule has 1 aromatic carbocycles. The molecule has 0 fully saturated rings. The third-order valence-electron chi connectivity index (χ3n) is 2.59. The highest BCUT2D eigenvalue weighted by molar-refractivity contribution is 7.99. The van der Waals surface area contributed by atoms with E-state index in [0.29, 0.717) is 34.7 Å². The molecule has 0 aliphatic heterocycles. The normalized spacial score (nSPS) is 11.7. The molecule has 21 heavy (non-hydrogen) atoms. The van der Waals surface area contributed by atoms with E-state index in [0.717, 1.165) is 0 Å². The summed E-state index contributed by atoms with van der Waals surface area (Å²) in [6, 6.07) is 4.92. The fourth-order valence-corrected chi connectivity index (χ4v) is 2.75. The maximum absolute atomic E-state index is 12.4. The highest BCUT2D eigenvalue weighted by Crippen LogP contribution is 2.37. The van der Waals surface area contributed by atoms with Gasteiger partial charge in [-0.15, -0.1) is 11.8 Å². The Kier molecular flexibility index (Phi) is 5.00. The topological polar surface area (TPSA) is 42.7 Å². The van der Waals surface area contributed by atoms with Gasteiger partial charge >= 0.3 is 6.18 Å². The van der Waals surface area contributed by atoms with Crippen LogP contribution in [0.1, 0.15) is 5.82 Å². The Balaban J connectivity index is 2.11. The van der Waals surface area contributed by atoms with Crippen molar-refractivity contribution in [2.45, 2.75) is 17.6 Å². The fraction of sp³-hybridized carbons (Fsp3) is 0.333. The third-order valence-corrected chi connectivity index (χ3v) is 4.22. The van der Waals surface area contributed by atoms with E-state index in [1.165, 1.54) is 6.33 Å². The number of alkyl halides is 3. The van der Waals surface area contributed by atoms with Gasteiger partial charge in [-0.3, -0.25) is 4.68 Å². The van der Waals surface area contributed by atoms with E-state index >= 15 is 0 Å². The Bertz CT molecular complexity index is 615. The predicted octanol–water partition coefficient (Wildman–Crippen LogP) is 3.74. The van der Waals surface area contributed by atoms with Crippen LogP contribution in [0.2, 0.25) is 5.02 Å². The van der Waals surface area contributed by atoms with Crippen molar-refractivity contribution in [3.05, 3.63) is 35.4 Å². The molecule has 114 valence electrons. The van der Waals surface area contributed by atoms with Crippen molar-refractivity contribution < 1.29 is 13.2 Å². The van der Waals surface area contributed by atoms with E-state index in [1.807, 2.05) is 0 Å². The van der Waals surface area contributed by atoms with Gasteiger partial charge in [0, 0.05) is 17.6 Å². The molecular weight excluding hydrogens is 325 g/mol. The number of hydrogen-bond donors (Lipinski definition) is 1. The van der Waals surface area contributed by atoms with Crippen molar-refractivity contribution in [3.8, 4) is 0 Å². The molecule has 0 aliphatic rings. The molecule has 0 radical (unpaired) electrons. The Morgan fingerprint density at radius 3 is 2.76 bits per heavy atom. The van der Waals surface area contributed by atoms with Crippen LogP contribution < -0.4 is 5.32 Å². The number of anilines is 1. The molecule has 0 atom stereocenters. The van der Waals surface area contributed by atoms with Crippen molar-refractivity contribution in [2.24, 2.45) is 7.05 Å². The van der Waals surface area contributed by atoms with Crippen LogP contribution in [0.25, 0.3) is 0 Å². The lowest BCUT2D eigenvalue weighted by molar-refractivity contribution is -0.105. The molecule has 1 aromatic heterocycles. The average molecular weight is 337 g/mol. The number of benzene rings is 1. The Morgan fingerprint density at radius 2 is 2.14 bits per heavy atom. The predicted molar refractivity (Wildman–Crippen MR) is 76.6 cm³/mol. The van der Waals surface area contributed by atoms with Crippen molar-refractivity contribution in [2.75, 3.05) is 11.1 Å². The molecule has 1 N–H and O–H groups in total. The van der Waals surface area contributed by atoms with Crippen LogP contribution >= 0.6 is 23.4 Å². The lowest BCUT2D eigenvalue weighted by Gasteiger charge is -2.14. The van der Waals surface area contributed by atoms with E-state index < -0.39 is 11.9 Å². The van der Waals surface area contributed by atoms with Gasteiger partial charge in [-0.2, -0.15) is 18.3 Å². The summed E-state index contributed by atoms with van der Waals surface area (Å²) >= 11 is 6.65. The van der Waals surface area contributed by atoms with Crippen molar-refractivity contribution in [3.63, 3.8) is 0 Å². The summed E-state index contributed by atoms with van der Waals surface area (Å²) in [5, 5.41) is 7.25. The van der Waals surface area contributed by atoms with Gasteiger partial charge in [0.05, 0.1) is 17.3 Å². The summed E-state index contributed by atoms with van der Waals surface area (Å²) in [7, 11) is 1.74. The van der Waals surface area contributed by atoms with E-state index in [2.05, 4.69) is 15.4 Å². The zero-order valence-electron chi connectivity index (χ0n) is 11.0. The molecule has 1 heterocycles. The minimum absolute atomic E-state index is 0.284. The van der Waals surface area contributed by atoms with E-state index in [1.54, 1.807) is 29.9 Å². The number of aryl methyl sites for hydroxylation is 1. The van der Waals surface area contributed by atoms with E-state index in [9.17, 15) is 13.2 Å². The van der Waals surface area contributed by atoms with E-state index in [4.69, 9.17) is 11.6 Å². The van der Waals surface area contributed by atoms with Crippen molar-refractivity contribution >= 4 is 29.1 Å². The monoisotopic (exact) mass is 336 g/mol. The molecule has 2 rings (SSSR count). The third kappa shape index (κ3) is 4.53. The van der Waals surface area contributed by atoms with Gasteiger partial charge in [-0.1, -0.05) is 17.7 Å². The molecule has 2 aromatic rings. The van der Waals surface area contributed by atoms with Crippen LogP contribution in [0.15, 0.2) is 29.4 Å². The fourth-order valence-electron chi connectivity index (χ4n) is 1.60. The second-order valence-electron chi connectivity index (χ2n) is 4.17. The first-order valence-corrected chi connectivity index (χ1v) is 7.28. The smallest absolute Gasteiger partial charge is 0.377 e. The number of halogens is 4. The number of nitrogens with one attached hydrogen (secondary N) is 1. The zero-order chi connectivity index (χ0) is 15.5. The summed E-state index contributed by atoms with van der Waals surface area (Å²) in [4.78, 5) is 4.41. The van der Waals surface area contributed by atoms with Crippen LogP contribution in [0, 0.1) is 0 Å². The molecule has 0 spiro atoms. The number of nitrogens with zero attached hydrogens (tertiary/aromatic N) is 3. The summed E-state index contributed by atoms with van der Waals surface area (Å²) < 4.78 is 38.7. The van der Waals surface area contributed by atoms with Gasteiger partial charge in [0.25, 0.3) is 0 Å². The number of thioether (sulfide) groups is 1. The first-order chi connectivity index (χ1) is 9.87. The minimum Gasteiger partial charge on any atom is -0.377 e. The SMILES string of the molecule is Cn1ncnc1CNc1cccc(Cl)c1SCC(F)(F)F. The first kappa shape index (κ1) is 16.0. The van der Waals surface area contributed by atoms with Gasteiger partial charge < -0.3 is 5.32 Å². The summed E-state index contributed by atoms with van der Waals surface area (Å²) in [5.41, 5.74) is 0.541. The van der Waals surface area contributed by atoms with Gasteiger partial charge in [0.2, 0.25) is 0 Å². The molecule has 0 bridgehead atoms. The van der Waals surface area contributed by atoms with Gasteiger partial charge in [-0.25, -0.2) is 4.98 Å². The van der Waals surface area contributed by atoms with Crippen LogP contribution in [-0.2, 0) is 13.6 Å². The molecular formula is C12H12ClF3N4S. The van der Waals surface area contributed by atoms with Gasteiger partial charge in [0.15, 0.2) is 0 Å². The van der Waals surface area contributed by atoms with E-state index in [-0.39, 0.29) is 5.02 Å². The van der Waals surface area contributed by atoms with Crippen molar-refractivity contribution in [1.82, 2.24) is 14.8 Å². The standard InChI is InChI=1S/C12H12ClF3N4S/c1-20-10(18-7-19-20)5-17-9-4-2-3-8(13)11(9)21-6-12(14,15)16/h2-4,7,17H,5-6H2,1H3. The zero-order valence-corrected chi connectivity index (χ0v) is 12.6. The maximum Gasteiger partial charge on any atom is 0.398 e. The molecule has 4 nitrogen and oxygen atoms in total. The first-order valence-electron chi connectivity index (χ1n) is 5.91. The number of rotatable bonds is 5. The van der Waals surface area contributed by atoms with Crippen LogP contribution in [0.5, 0.6) is 0 Å². The lowest BCUT2D eigenvalue weighted by atomic mass is 10.3. The quantitative estimate of drug-likeness (QED) is 0.845. The Hall–Kier alpha value is -1.41. The highest BCUT2D eigenvalue weighted by atomic mass is 35.5. The largest absolute Gasteiger partial charge is 0.398 e. The number of hydrogen-bond acceptors (Lipinski definition) is 4.